The van der Waals surface area contributed by atoms with Crippen molar-refractivity contribution in [2.75, 3.05) is 13.7 Å². The molecule has 2 aliphatic rings. The van der Waals surface area contributed by atoms with Gasteiger partial charge in [0.15, 0.2) is 5.78 Å². The van der Waals surface area contributed by atoms with Crippen molar-refractivity contribution in [1.82, 2.24) is 0 Å². The summed E-state index contributed by atoms with van der Waals surface area (Å²) in [5.41, 5.74) is 0. The highest BCUT2D eigenvalue weighted by molar-refractivity contribution is 5.79. The zero-order chi connectivity index (χ0) is 9.26. The lowest BCUT2D eigenvalue weighted by atomic mass is 9.85. The van der Waals surface area contributed by atoms with E-state index in [1.54, 1.807) is 7.11 Å². The molecule has 2 fully saturated rings. The summed E-state index contributed by atoms with van der Waals surface area (Å²) in [6, 6.07) is 0. The zero-order valence-corrected chi connectivity index (χ0v) is 8.29. The summed E-state index contributed by atoms with van der Waals surface area (Å²) < 4.78 is 4.84. The highest BCUT2D eigenvalue weighted by Crippen LogP contribution is 2.49. The molecule has 2 aliphatic carbocycles. The molecule has 0 heterocycles. The van der Waals surface area contributed by atoms with Crippen LogP contribution in [0.1, 0.15) is 32.1 Å². The van der Waals surface area contributed by atoms with E-state index >= 15 is 0 Å². The number of carbonyl (C=O) groups excluding carboxylic acids is 1. The van der Waals surface area contributed by atoms with Gasteiger partial charge in [0.05, 0.1) is 0 Å². The van der Waals surface area contributed by atoms with E-state index in [1.165, 1.54) is 25.7 Å². The second-order valence-electron chi connectivity index (χ2n) is 4.61. The quantitative estimate of drug-likeness (QED) is 0.665. The number of ketones is 1. The maximum absolute atomic E-state index is 11.4. The molecule has 0 radical (unpaired) electrons. The SMILES string of the molecule is COCC(=O)CC1CC2CCC1C2. The number of Topliss-reactive ketones (excluding diaryl/α,β-unsaturated/α-hetero) is 1. The molecule has 2 nitrogen and oxygen atoms in total. The van der Waals surface area contributed by atoms with Crippen LogP contribution in [0.3, 0.4) is 0 Å². The van der Waals surface area contributed by atoms with Gasteiger partial charge in [-0.15, -0.1) is 0 Å². The van der Waals surface area contributed by atoms with Crippen LogP contribution in [0.15, 0.2) is 0 Å². The van der Waals surface area contributed by atoms with E-state index in [9.17, 15) is 4.79 Å². The van der Waals surface area contributed by atoms with Crippen LogP contribution in [0.25, 0.3) is 0 Å². The second kappa shape index (κ2) is 3.79. The van der Waals surface area contributed by atoms with E-state index in [0.717, 1.165) is 18.3 Å². The molecular formula is C11H18O2. The summed E-state index contributed by atoms with van der Waals surface area (Å²) in [5, 5.41) is 0. The lowest BCUT2D eigenvalue weighted by Crippen LogP contribution is -2.17. The maximum atomic E-state index is 11.4. The predicted molar refractivity (Wildman–Crippen MR) is 50.4 cm³/mol. The molecule has 2 bridgehead atoms. The van der Waals surface area contributed by atoms with Crippen molar-refractivity contribution in [1.29, 1.82) is 0 Å². The van der Waals surface area contributed by atoms with Crippen LogP contribution >= 0.6 is 0 Å². The van der Waals surface area contributed by atoms with Crippen molar-refractivity contribution in [2.24, 2.45) is 17.8 Å². The summed E-state index contributed by atoms with van der Waals surface area (Å²) >= 11 is 0. The average molecular weight is 182 g/mol. The van der Waals surface area contributed by atoms with Crippen LogP contribution in [0, 0.1) is 17.8 Å². The molecule has 3 atom stereocenters. The third-order valence-electron chi connectivity index (χ3n) is 3.68. The fourth-order valence-corrected chi connectivity index (χ4v) is 3.14. The van der Waals surface area contributed by atoms with Gasteiger partial charge >= 0.3 is 0 Å². The Kier molecular flexibility index (Phi) is 2.68. The highest BCUT2D eigenvalue weighted by atomic mass is 16.5. The number of methoxy groups -OCH3 is 1. The summed E-state index contributed by atoms with van der Waals surface area (Å²) in [4.78, 5) is 11.4. The molecule has 2 saturated carbocycles. The minimum atomic E-state index is 0.292. The van der Waals surface area contributed by atoms with Crippen molar-refractivity contribution < 1.29 is 9.53 Å². The molecular weight excluding hydrogens is 164 g/mol. The van der Waals surface area contributed by atoms with Crippen LogP contribution in [0.5, 0.6) is 0 Å². The minimum Gasteiger partial charge on any atom is -0.377 e. The first-order valence-electron chi connectivity index (χ1n) is 5.30. The van der Waals surface area contributed by atoms with Gasteiger partial charge in [0.1, 0.15) is 6.61 Å². The molecule has 3 unspecified atom stereocenters. The molecule has 0 aliphatic heterocycles. The van der Waals surface area contributed by atoms with Gasteiger partial charge in [0.2, 0.25) is 0 Å². The second-order valence-corrected chi connectivity index (χ2v) is 4.61. The fourth-order valence-electron chi connectivity index (χ4n) is 3.14. The van der Waals surface area contributed by atoms with Crippen LogP contribution < -0.4 is 0 Å². The molecule has 2 rings (SSSR count). The first kappa shape index (κ1) is 9.20. The van der Waals surface area contributed by atoms with Gasteiger partial charge in [-0.3, -0.25) is 4.79 Å². The Morgan fingerprint density at radius 2 is 2.23 bits per heavy atom. The molecule has 0 aromatic carbocycles. The summed E-state index contributed by atoms with van der Waals surface area (Å²) in [6.07, 6.45) is 6.26. The topological polar surface area (TPSA) is 26.3 Å². The van der Waals surface area contributed by atoms with Crippen LogP contribution in [-0.4, -0.2) is 19.5 Å². The highest BCUT2D eigenvalue weighted by Gasteiger charge is 2.39. The molecule has 0 amide bonds. The van der Waals surface area contributed by atoms with Gasteiger partial charge in [-0.2, -0.15) is 0 Å². The predicted octanol–water partition coefficient (Wildman–Crippen LogP) is 2.03. The van der Waals surface area contributed by atoms with E-state index in [1.807, 2.05) is 0 Å². The Balaban J connectivity index is 1.79. The van der Waals surface area contributed by atoms with Gasteiger partial charge in [-0.05, 0) is 37.0 Å². The fraction of sp³-hybridized carbons (Fsp3) is 0.909. The third kappa shape index (κ3) is 1.93. The van der Waals surface area contributed by atoms with Crippen molar-refractivity contribution in [3.8, 4) is 0 Å². The standard InChI is InChI=1S/C11H18O2/c1-13-7-11(12)6-10-5-8-2-3-9(10)4-8/h8-10H,2-7H2,1H3. The first-order valence-corrected chi connectivity index (χ1v) is 5.30. The average Bonchev–Trinajstić information content (AvgIpc) is 2.65. The Labute approximate surface area is 79.7 Å². The Morgan fingerprint density at radius 1 is 1.38 bits per heavy atom. The van der Waals surface area contributed by atoms with Gasteiger partial charge in [-0.1, -0.05) is 6.42 Å². The van der Waals surface area contributed by atoms with Gasteiger partial charge < -0.3 is 4.74 Å². The van der Waals surface area contributed by atoms with Gasteiger partial charge in [0, 0.05) is 13.5 Å². The minimum absolute atomic E-state index is 0.292. The van der Waals surface area contributed by atoms with Crippen LogP contribution in [0.4, 0.5) is 0 Å². The Bertz CT molecular complexity index is 200. The van der Waals surface area contributed by atoms with E-state index < -0.39 is 0 Å². The molecule has 0 aromatic rings. The number of fused-ring (bicyclic) bond motifs is 2. The van der Waals surface area contributed by atoms with Gasteiger partial charge in [0.25, 0.3) is 0 Å². The van der Waals surface area contributed by atoms with Crippen LogP contribution in [0.2, 0.25) is 0 Å². The molecule has 2 heteroatoms. The summed E-state index contributed by atoms with van der Waals surface area (Å²) in [5.74, 6) is 2.80. The molecule has 0 spiro atoms. The Morgan fingerprint density at radius 3 is 2.77 bits per heavy atom. The number of rotatable bonds is 4. The summed E-state index contributed by atoms with van der Waals surface area (Å²) in [7, 11) is 1.60. The van der Waals surface area contributed by atoms with Crippen molar-refractivity contribution in [2.45, 2.75) is 32.1 Å². The molecule has 74 valence electrons. The molecule has 0 aromatic heterocycles. The molecule has 13 heavy (non-hydrogen) atoms. The Hall–Kier alpha value is -0.370. The zero-order valence-electron chi connectivity index (χ0n) is 8.29. The summed E-state index contributed by atoms with van der Waals surface area (Å²) in [6.45, 7) is 0.313. The van der Waals surface area contributed by atoms with Gasteiger partial charge in [-0.25, -0.2) is 0 Å². The lowest BCUT2D eigenvalue weighted by Gasteiger charge is -2.20. The number of hydrogen-bond donors (Lipinski definition) is 0. The first-order chi connectivity index (χ1) is 6.29. The lowest BCUT2D eigenvalue weighted by molar-refractivity contribution is -0.123. The largest absolute Gasteiger partial charge is 0.377 e. The monoisotopic (exact) mass is 182 g/mol. The van der Waals surface area contributed by atoms with Crippen LogP contribution in [-0.2, 0) is 9.53 Å². The molecule has 0 N–H and O–H groups in total. The van der Waals surface area contributed by atoms with Crippen molar-refractivity contribution in [3.05, 3.63) is 0 Å². The number of hydrogen-bond acceptors (Lipinski definition) is 2. The van der Waals surface area contributed by atoms with E-state index in [0.29, 0.717) is 18.3 Å². The third-order valence-corrected chi connectivity index (χ3v) is 3.68. The maximum Gasteiger partial charge on any atom is 0.158 e. The van der Waals surface area contributed by atoms with Crippen molar-refractivity contribution in [3.63, 3.8) is 0 Å². The molecule has 0 saturated heterocycles. The number of carbonyl (C=O) groups is 1. The van der Waals surface area contributed by atoms with E-state index in [4.69, 9.17) is 4.74 Å². The normalized spacial score (nSPS) is 36.8. The van der Waals surface area contributed by atoms with E-state index in [-0.39, 0.29) is 0 Å². The smallest absolute Gasteiger partial charge is 0.158 e. The van der Waals surface area contributed by atoms with Crippen molar-refractivity contribution >= 4 is 5.78 Å². The number of ether oxygens (including phenoxy) is 1. The van der Waals surface area contributed by atoms with E-state index in [2.05, 4.69) is 0 Å².